The number of halogens is 1. The number of benzene rings is 1. The molecule has 1 aromatic heterocycles. The average molecular weight is 342 g/mol. The number of pyridine rings is 1. The van der Waals surface area contributed by atoms with Gasteiger partial charge >= 0.3 is 0 Å². The topological polar surface area (TPSA) is 62.0 Å². The standard InChI is InChI=1S/C20H23FN2O2/c21-17-8-6-15-12-16(20(25)23-18(15)13-17)7-9-19(24)22-11-10-14-4-2-1-3-5-14/h4,6,8,12-13H,1-3,5,7,9-11H2,(H,22,24)(H,23,25). The molecule has 0 unspecified atom stereocenters. The van der Waals surface area contributed by atoms with Gasteiger partial charge in [0.1, 0.15) is 5.82 Å². The molecule has 1 aliphatic rings. The summed E-state index contributed by atoms with van der Waals surface area (Å²) in [6, 6.07) is 6.01. The summed E-state index contributed by atoms with van der Waals surface area (Å²) in [5.41, 5.74) is 2.19. The third kappa shape index (κ3) is 4.78. The van der Waals surface area contributed by atoms with Crippen LogP contribution in [-0.2, 0) is 11.2 Å². The van der Waals surface area contributed by atoms with Gasteiger partial charge in [-0.25, -0.2) is 4.39 Å². The molecule has 132 valence electrons. The van der Waals surface area contributed by atoms with Crippen molar-refractivity contribution in [3.8, 4) is 0 Å². The molecule has 1 aliphatic carbocycles. The molecular formula is C20H23FN2O2. The first-order chi connectivity index (χ1) is 12.1. The van der Waals surface area contributed by atoms with E-state index >= 15 is 0 Å². The van der Waals surface area contributed by atoms with Crippen LogP contribution in [0.1, 0.15) is 44.1 Å². The molecule has 2 N–H and O–H groups in total. The second-order valence-electron chi connectivity index (χ2n) is 6.56. The van der Waals surface area contributed by atoms with Gasteiger partial charge in [-0.15, -0.1) is 0 Å². The highest BCUT2D eigenvalue weighted by Gasteiger charge is 2.08. The van der Waals surface area contributed by atoms with Gasteiger partial charge in [-0.1, -0.05) is 11.6 Å². The highest BCUT2D eigenvalue weighted by molar-refractivity contribution is 5.79. The lowest BCUT2D eigenvalue weighted by Gasteiger charge is -2.13. The maximum Gasteiger partial charge on any atom is 0.251 e. The largest absolute Gasteiger partial charge is 0.356 e. The Morgan fingerprint density at radius 3 is 2.88 bits per heavy atom. The van der Waals surface area contributed by atoms with E-state index in [1.165, 1.54) is 30.5 Å². The molecule has 0 fully saturated rings. The van der Waals surface area contributed by atoms with Gasteiger partial charge in [0.05, 0.1) is 5.52 Å². The summed E-state index contributed by atoms with van der Waals surface area (Å²) in [4.78, 5) is 26.7. The number of fused-ring (bicyclic) bond motifs is 1. The number of aryl methyl sites for hydroxylation is 1. The van der Waals surface area contributed by atoms with Crippen LogP contribution in [-0.4, -0.2) is 17.4 Å². The normalized spacial score (nSPS) is 14.4. The van der Waals surface area contributed by atoms with Crippen molar-refractivity contribution < 1.29 is 9.18 Å². The summed E-state index contributed by atoms with van der Waals surface area (Å²) >= 11 is 0. The molecule has 0 saturated carbocycles. The summed E-state index contributed by atoms with van der Waals surface area (Å²) in [6.07, 6.45) is 8.64. The second kappa shape index (κ2) is 8.10. The van der Waals surface area contributed by atoms with Crippen LogP contribution in [0, 0.1) is 5.82 Å². The molecule has 0 spiro atoms. The minimum atomic E-state index is -0.386. The van der Waals surface area contributed by atoms with Gasteiger partial charge in [0.2, 0.25) is 5.91 Å². The van der Waals surface area contributed by atoms with Crippen LogP contribution in [0.25, 0.3) is 10.9 Å². The number of hydrogen-bond acceptors (Lipinski definition) is 2. The maximum absolute atomic E-state index is 13.2. The predicted molar refractivity (Wildman–Crippen MR) is 97.0 cm³/mol. The fraction of sp³-hybridized carbons (Fsp3) is 0.400. The zero-order chi connectivity index (χ0) is 17.6. The summed E-state index contributed by atoms with van der Waals surface area (Å²) in [7, 11) is 0. The molecule has 0 saturated heterocycles. The van der Waals surface area contributed by atoms with Crippen LogP contribution in [0.5, 0.6) is 0 Å². The van der Waals surface area contributed by atoms with Crippen LogP contribution in [0.15, 0.2) is 40.7 Å². The van der Waals surface area contributed by atoms with Gasteiger partial charge in [0.15, 0.2) is 0 Å². The van der Waals surface area contributed by atoms with Gasteiger partial charge < -0.3 is 10.3 Å². The number of amides is 1. The molecule has 2 aromatic rings. The molecule has 25 heavy (non-hydrogen) atoms. The molecule has 0 radical (unpaired) electrons. The van der Waals surface area contributed by atoms with Crippen molar-refractivity contribution in [3.05, 3.63) is 57.6 Å². The van der Waals surface area contributed by atoms with Crippen LogP contribution in [0.3, 0.4) is 0 Å². The summed E-state index contributed by atoms with van der Waals surface area (Å²) in [6.45, 7) is 0.651. The number of aromatic nitrogens is 1. The molecule has 0 bridgehead atoms. The van der Waals surface area contributed by atoms with Crippen molar-refractivity contribution in [2.75, 3.05) is 6.54 Å². The molecule has 0 atom stereocenters. The molecule has 5 heteroatoms. The molecule has 1 aromatic carbocycles. The summed E-state index contributed by atoms with van der Waals surface area (Å²) in [5.74, 6) is -0.432. The predicted octanol–water partition coefficient (Wildman–Crippen LogP) is 3.61. The zero-order valence-corrected chi connectivity index (χ0v) is 14.2. The van der Waals surface area contributed by atoms with Crippen molar-refractivity contribution in [1.29, 1.82) is 0 Å². The molecule has 4 nitrogen and oxygen atoms in total. The number of H-pyrrole nitrogens is 1. The lowest BCUT2D eigenvalue weighted by molar-refractivity contribution is -0.121. The fourth-order valence-corrected chi connectivity index (χ4v) is 3.23. The second-order valence-corrected chi connectivity index (χ2v) is 6.56. The van der Waals surface area contributed by atoms with Crippen molar-refractivity contribution in [1.82, 2.24) is 10.3 Å². The van der Waals surface area contributed by atoms with Gasteiger partial charge in [-0.05, 0) is 68.2 Å². The number of carbonyl (C=O) groups excluding carboxylic acids is 1. The summed E-state index contributed by atoms with van der Waals surface area (Å²) in [5, 5.41) is 3.69. The maximum atomic E-state index is 13.2. The Kier molecular flexibility index (Phi) is 5.64. The summed E-state index contributed by atoms with van der Waals surface area (Å²) < 4.78 is 13.2. The third-order valence-corrected chi connectivity index (χ3v) is 4.66. The fourth-order valence-electron chi connectivity index (χ4n) is 3.23. The number of rotatable bonds is 6. The minimum absolute atomic E-state index is 0.0463. The smallest absolute Gasteiger partial charge is 0.251 e. The molecule has 1 amide bonds. The first-order valence-corrected chi connectivity index (χ1v) is 8.88. The van der Waals surface area contributed by atoms with Gasteiger partial charge in [-0.2, -0.15) is 0 Å². The van der Waals surface area contributed by atoms with Crippen molar-refractivity contribution in [2.24, 2.45) is 0 Å². The monoisotopic (exact) mass is 342 g/mol. The van der Waals surface area contributed by atoms with Crippen molar-refractivity contribution >= 4 is 16.8 Å². The van der Waals surface area contributed by atoms with Crippen LogP contribution >= 0.6 is 0 Å². The number of carbonyl (C=O) groups is 1. The van der Waals surface area contributed by atoms with Crippen LogP contribution in [0.4, 0.5) is 4.39 Å². The quantitative estimate of drug-likeness (QED) is 0.788. The highest BCUT2D eigenvalue weighted by Crippen LogP contribution is 2.19. The minimum Gasteiger partial charge on any atom is -0.356 e. The number of hydrogen-bond donors (Lipinski definition) is 2. The number of nitrogens with one attached hydrogen (secondary N) is 2. The molecule has 1 heterocycles. The van der Waals surface area contributed by atoms with E-state index in [1.807, 2.05) is 0 Å². The average Bonchev–Trinajstić information content (AvgIpc) is 2.61. The van der Waals surface area contributed by atoms with Crippen molar-refractivity contribution in [3.63, 3.8) is 0 Å². The van der Waals surface area contributed by atoms with Crippen LogP contribution < -0.4 is 10.9 Å². The van der Waals surface area contributed by atoms with E-state index < -0.39 is 0 Å². The zero-order valence-electron chi connectivity index (χ0n) is 14.2. The Balaban J connectivity index is 1.52. The Hall–Kier alpha value is -2.43. The van der Waals surface area contributed by atoms with Gasteiger partial charge in [-0.3, -0.25) is 9.59 Å². The highest BCUT2D eigenvalue weighted by atomic mass is 19.1. The molecular weight excluding hydrogens is 319 g/mol. The number of aromatic amines is 1. The Morgan fingerprint density at radius 1 is 1.20 bits per heavy atom. The Morgan fingerprint density at radius 2 is 2.08 bits per heavy atom. The molecule has 3 rings (SSSR count). The van der Waals surface area contributed by atoms with E-state index in [-0.39, 0.29) is 23.7 Å². The Bertz CT molecular complexity index is 854. The van der Waals surface area contributed by atoms with E-state index in [4.69, 9.17) is 0 Å². The van der Waals surface area contributed by atoms with Gasteiger partial charge in [0.25, 0.3) is 5.56 Å². The van der Waals surface area contributed by atoms with E-state index in [1.54, 1.807) is 12.1 Å². The van der Waals surface area contributed by atoms with E-state index in [0.717, 1.165) is 24.6 Å². The first kappa shape index (κ1) is 17.4. The van der Waals surface area contributed by atoms with E-state index in [2.05, 4.69) is 16.4 Å². The number of allylic oxidation sites excluding steroid dienone is 1. The van der Waals surface area contributed by atoms with Gasteiger partial charge in [0, 0.05) is 18.5 Å². The SMILES string of the molecule is O=C(CCc1cc2ccc(F)cc2[nH]c1=O)NCCC1=CCCCC1. The first-order valence-electron chi connectivity index (χ1n) is 8.88. The molecule has 0 aliphatic heterocycles. The van der Waals surface area contributed by atoms with Crippen molar-refractivity contribution in [2.45, 2.75) is 44.9 Å². The van der Waals surface area contributed by atoms with E-state index in [0.29, 0.717) is 24.0 Å². The van der Waals surface area contributed by atoms with E-state index in [9.17, 15) is 14.0 Å². The Labute approximate surface area is 146 Å². The lowest BCUT2D eigenvalue weighted by Crippen LogP contribution is -2.26. The lowest BCUT2D eigenvalue weighted by atomic mass is 9.97. The van der Waals surface area contributed by atoms with Crippen LogP contribution in [0.2, 0.25) is 0 Å². The third-order valence-electron chi connectivity index (χ3n) is 4.66.